The smallest absolute Gasteiger partial charge is 0.256 e. The average Bonchev–Trinajstić information content (AvgIpc) is 3.34. The molecule has 180 valence electrons. The van der Waals surface area contributed by atoms with Crippen molar-refractivity contribution in [2.45, 2.75) is 13.5 Å². The predicted molar refractivity (Wildman–Crippen MR) is 131 cm³/mol. The summed E-state index contributed by atoms with van der Waals surface area (Å²) in [5.41, 5.74) is 2.59. The summed E-state index contributed by atoms with van der Waals surface area (Å²) in [6, 6.07) is 14.9. The van der Waals surface area contributed by atoms with E-state index in [0.717, 1.165) is 44.0 Å². The minimum Gasteiger partial charge on any atom is -0.497 e. The van der Waals surface area contributed by atoms with E-state index in [0.29, 0.717) is 28.8 Å². The maximum atomic E-state index is 12.7. The van der Waals surface area contributed by atoms with E-state index >= 15 is 0 Å². The van der Waals surface area contributed by atoms with Crippen molar-refractivity contribution >= 4 is 17.4 Å². The Balaban J connectivity index is 1.31. The molecule has 1 aliphatic heterocycles. The fraction of sp³-hybridized carbons (Fsp3) is 0.360. The number of hydrogen-bond acceptors (Lipinski definition) is 7. The van der Waals surface area contributed by atoms with Gasteiger partial charge in [0.2, 0.25) is 5.88 Å². The van der Waals surface area contributed by atoms with Gasteiger partial charge in [-0.2, -0.15) is 0 Å². The van der Waals surface area contributed by atoms with Crippen molar-refractivity contribution in [2.75, 3.05) is 57.2 Å². The topological polar surface area (TPSA) is 92.0 Å². The van der Waals surface area contributed by atoms with Crippen LogP contribution in [0, 0.1) is 0 Å². The Morgan fingerprint density at radius 2 is 1.68 bits per heavy atom. The molecule has 9 heteroatoms. The van der Waals surface area contributed by atoms with Crippen LogP contribution in [-0.4, -0.2) is 67.9 Å². The van der Waals surface area contributed by atoms with Crippen molar-refractivity contribution < 1.29 is 19.0 Å². The zero-order chi connectivity index (χ0) is 23.9. The molecule has 0 radical (unpaired) electrons. The first-order chi connectivity index (χ1) is 16.6. The van der Waals surface area contributed by atoms with E-state index in [1.165, 1.54) is 0 Å². The number of amides is 1. The third-order valence-corrected chi connectivity index (χ3v) is 5.91. The third kappa shape index (κ3) is 5.79. The molecule has 1 fully saturated rings. The Morgan fingerprint density at radius 1 is 1.00 bits per heavy atom. The van der Waals surface area contributed by atoms with Crippen LogP contribution in [0.25, 0.3) is 0 Å². The van der Waals surface area contributed by atoms with Crippen molar-refractivity contribution in [2.24, 2.45) is 0 Å². The van der Waals surface area contributed by atoms with Crippen molar-refractivity contribution in [1.29, 1.82) is 0 Å². The number of ether oxygens (including phenoxy) is 3. The lowest BCUT2D eigenvalue weighted by Crippen LogP contribution is -2.46. The molecule has 34 heavy (non-hydrogen) atoms. The number of aromatic nitrogens is 2. The van der Waals surface area contributed by atoms with Crippen molar-refractivity contribution in [3.8, 4) is 17.4 Å². The summed E-state index contributed by atoms with van der Waals surface area (Å²) in [4.78, 5) is 17.5. The lowest BCUT2D eigenvalue weighted by atomic mass is 10.1. The van der Waals surface area contributed by atoms with E-state index in [1.807, 2.05) is 36.4 Å². The number of carbonyl (C=O) groups excluding carboxylic acids is 1. The Morgan fingerprint density at radius 3 is 2.29 bits per heavy atom. The zero-order valence-corrected chi connectivity index (χ0v) is 19.8. The Kier molecular flexibility index (Phi) is 7.54. The highest BCUT2D eigenvalue weighted by atomic mass is 16.5. The maximum Gasteiger partial charge on any atom is 0.256 e. The molecular formula is C25H31N5O4. The molecule has 0 aliphatic carbocycles. The minimum absolute atomic E-state index is 0.213. The van der Waals surface area contributed by atoms with Gasteiger partial charge in [0.1, 0.15) is 23.9 Å². The highest BCUT2D eigenvalue weighted by Crippen LogP contribution is 2.24. The molecule has 1 aliphatic rings. The van der Waals surface area contributed by atoms with Gasteiger partial charge in [-0.05, 0) is 48.5 Å². The van der Waals surface area contributed by atoms with Gasteiger partial charge in [0.15, 0.2) is 0 Å². The number of nitrogens with one attached hydrogen (secondary N) is 2. The summed E-state index contributed by atoms with van der Waals surface area (Å²) in [7, 11) is 3.20. The number of nitrogens with zero attached hydrogens (tertiary/aromatic N) is 3. The lowest BCUT2D eigenvalue weighted by Gasteiger charge is -2.35. The standard InChI is InChI=1S/C25H31N5O4/c1-4-29-9-11-30(12-10-29)20-7-5-19(6-8-20)25(31)26-23-16-24(28-27-23)34-17-18-13-21(32-2)15-22(14-18)33-3/h5-8,13-16H,4,9-12,17H2,1-3H3,(H2,26,27,28,31). The molecular weight excluding hydrogens is 434 g/mol. The largest absolute Gasteiger partial charge is 0.497 e. The van der Waals surface area contributed by atoms with Gasteiger partial charge in [-0.15, -0.1) is 5.10 Å². The number of methoxy groups -OCH3 is 2. The van der Waals surface area contributed by atoms with Gasteiger partial charge in [0.05, 0.1) is 14.2 Å². The number of likely N-dealkylation sites (N-methyl/N-ethyl adjacent to an activating group) is 1. The second-order valence-corrected chi connectivity index (χ2v) is 8.05. The van der Waals surface area contributed by atoms with E-state index < -0.39 is 0 Å². The summed E-state index contributed by atoms with van der Waals surface area (Å²) in [5, 5.41) is 9.74. The van der Waals surface area contributed by atoms with Crippen LogP contribution >= 0.6 is 0 Å². The van der Waals surface area contributed by atoms with Crippen LogP contribution in [0.4, 0.5) is 11.5 Å². The molecule has 2 N–H and O–H groups in total. The zero-order valence-electron chi connectivity index (χ0n) is 19.8. The SMILES string of the molecule is CCN1CCN(c2ccc(C(=O)Nc3cc(OCc4cc(OC)cc(OC)c4)n[nH]3)cc2)CC1. The minimum atomic E-state index is -0.213. The molecule has 9 nitrogen and oxygen atoms in total. The number of piperazine rings is 1. The van der Waals surface area contributed by atoms with Crippen LogP contribution in [0.5, 0.6) is 17.4 Å². The van der Waals surface area contributed by atoms with E-state index in [9.17, 15) is 4.79 Å². The molecule has 0 atom stereocenters. The molecule has 0 spiro atoms. The van der Waals surface area contributed by atoms with E-state index in [1.54, 1.807) is 26.4 Å². The van der Waals surface area contributed by atoms with Gasteiger partial charge in [-0.25, -0.2) is 0 Å². The van der Waals surface area contributed by atoms with E-state index in [4.69, 9.17) is 14.2 Å². The average molecular weight is 466 g/mol. The lowest BCUT2D eigenvalue weighted by molar-refractivity contribution is 0.102. The van der Waals surface area contributed by atoms with Crippen molar-refractivity contribution in [3.63, 3.8) is 0 Å². The maximum absolute atomic E-state index is 12.7. The number of aromatic amines is 1. The Labute approximate surface area is 199 Å². The van der Waals surface area contributed by atoms with Gasteiger partial charge in [0.25, 0.3) is 5.91 Å². The van der Waals surface area contributed by atoms with Crippen LogP contribution in [0.3, 0.4) is 0 Å². The molecule has 0 bridgehead atoms. The molecule has 0 unspecified atom stereocenters. The van der Waals surface area contributed by atoms with Gasteiger partial charge < -0.3 is 29.3 Å². The summed E-state index contributed by atoms with van der Waals surface area (Å²) in [5.74, 6) is 1.99. The third-order valence-electron chi connectivity index (χ3n) is 5.91. The van der Waals surface area contributed by atoms with Gasteiger partial charge >= 0.3 is 0 Å². The summed E-state index contributed by atoms with van der Waals surface area (Å²) in [6.07, 6.45) is 0. The molecule has 4 rings (SSSR count). The molecule has 1 amide bonds. The first kappa shape index (κ1) is 23.4. The summed E-state index contributed by atoms with van der Waals surface area (Å²) >= 11 is 0. The van der Waals surface area contributed by atoms with Crippen LogP contribution in [0.1, 0.15) is 22.8 Å². The fourth-order valence-corrected chi connectivity index (χ4v) is 3.89. The van der Waals surface area contributed by atoms with Crippen LogP contribution in [0.15, 0.2) is 48.5 Å². The van der Waals surface area contributed by atoms with Crippen molar-refractivity contribution in [1.82, 2.24) is 15.1 Å². The first-order valence-corrected chi connectivity index (χ1v) is 11.4. The summed E-state index contributed by atoms with van der Waals surface area (Å²) in [6.45, 7) is 7.68. The van der Waals surface area contributed by atoms with Crippen molar-refractivity contribution in [3.05, 3.63) is 59.7 Å². The monoisotopic (exact) mass is 465 g/mol. The number of carbonyl (C=O) groups is 1. The molecule has 2 aromatic carbocycles. The summed E-state index contributed by atoms with van der Waals surface area (Å²) < 4.78 is 16.3. The van der Waals surface area contributed by atoms with Gasteiger partial charge in [0, 0.05) is 49.6 Å². The van der Waals surface area contributed by atoms with E-state index in [-0.39, 0.29) is 12.5 Å². The Bertz CT molecular complexity index is 1070. The van der Waals surface area contributed by atoms with Crippen LogP contribution in [0.2, 0.25) is 0 Å². The number of hydrogen-bond donors (Lipinski definition) is 2. The van der Waals surface area contributed by atoms with Gasteiger partial charge in [-0.3, -0.25) is 9.89 Å². The van der Waals surface area contributed by atoms with Gasteiger partial charge in [-0.1, -0.05) is 6.92 Å². The molecule has 3 aromatic rings. The molecule has 0 saturated carbocycles. The molecule has 1 aromatic heterocycles. The quantitative estimate of drug-likeness (QED) is 0.500. The number of H-pyrrole nitrogens is 1. The highest BCUT2D eigenvalue weighted by molar-refractivity contribution is 6.04. The highest BCUT2D eigenvalue weighted by Gasteiger charge is 2.16. The second kappa shape index (κ2) is 10.9. The van der Waals surface area contributed by atoms with E-state index in [2.05, 4.69) is 32.2 Å². The number of benzene rings is 2. The first-order valence-electron chi connectivity index (χ1n) is 11.4. The fourth-order valence-electron chi connectivity index (χ4n) is 3.89. The van der Waals surface area contributed by atoms with Crippen LogP contribution < -0.4 is 24.4 Å². The predicted octanol–water partition coefficient (Wildman–Crippen LogP) is 3.40. The van der Waals surface area contributed by atoms with Crippen LogP contribution in [-0.2, 0) is 6.61 Å². The molecule has 1 saturated heterocycles. The second-order valence-electron chi connectivity index (χ2n) is 8.05. The Hall–Kier alpha value is -3.72. The number of rotatable bonds is 9. The molecule has 2 heterocycles. The number of anilines is 2. The normalized spacial score (nSPS) is 14.0.